The molecule has 0 fully saturated rings. The summed E-state index contributed by atoms with van der Waals surface area (Å²) in [6.07, 6.45) is 2.13. The molecule has 0 saturated heterocycles. The molecule has 0 aliphatic heterocycles. The lowest BCUT2D eigenvalue weighted by molar-refractivity contribution is 0.123. The summed E-state index contributed by atoms with van der Waals surface area (Å²) in [4.78, 5) is 2.74. The van der Waals surface area contributed by atoms with Gasteiger partial charge in [-0.2, -0.15) is 0 Å². The fraction of sp³-hybridized carbons (Fsp3) is 0.310. The van der Waals surface area contributed by atoms with Crippen molar-refractivity contribution in [2.75, 3.05) is 14.1 Å². The maximum atomic E-state index is 13.7. The van der Waals surface area contributed by atoms with Gasteiger partial charge in [0.15, 0.2) is 0 Å². The Morgan fingerprint density at radius 3 is 1.69 bits per heavy atom. The quantitative estimate of drug-likeness (QED) is 0.440. The molecular weight excluding hydrogens is 470 g/mol. The summed E-state index contributed by atoms with van der Waals surface area (Å²) in [5.41, 5.74) is 0. The van der Waals surface area contributed by atoms with Gasteiger partial charge in [0, 0.05) is 0 Å². The van der Waals surface area contributed by atoms with Crippen molar-refractivity contribution in [1.29, 1.82) is 0 Å². The number of hydrogen-bond donors (Lipinski definition) is 0. The number of rotatable bonds is 7. The maximum Gasteiger partial charge on any atom is 0.261 e. The van der Waals surface area contributed by atoms with Gasteiger partial charge in [0.1, 0.15) is 0 Å². The Kier molecular flexibility index (Phi) is 7.20. The van der Waals surface area contributed by atoms with Gasteiger partial charge in [0.2, 0.25) is 9.84 Å². The highest BCUT2D eigenvalue weighted by Crippen LogP contribution is 2.41. The van der Waals surface area contributed by atoms with Gasteiger partial charge in [0.25, 0.3) is 8.32 Å². The average molecular weight is 506 g/mol. The molecule has 0 spiro atoms. The van der Waals surface area contributed by atoms with Crippen LogP contribution in [0.1, 0.15) is 27.2 Å². The van der Waals surface area contributed by atoms with E-state index in [4.69, 9.17) is 4.43 Å². The third-order valence-electron chi connectivity index (χ3n) is 6.86. The molecule has 0 aromatic heterocycles. The van der Waals surface area contributed by atoms with Crippen molar-refractivity contribution >= 4 is 28.5 Å². The first-order valence-corrected chi connectivity index (χ1v) is 15.4. The maximum absolute atomic E-state index is 13.7. The van der Waals surface area contributed by atoms with Crippen LogP contribution in [0.15, 0.2) is 107 Å². The number of nitrogens with zero attached hydrogens (tertiary/aromatic N) is 1. The number of hydrogen-bond acceptors (Lipinski definition) is 4. The van der Waals surface area contributed by atoms with Crippen molar-refractivity contribution in [3.05, 3.63) is 102 Å². The summed E-state index contributed by atoms with van der Waals surface area (Å²) in [5, 5.41) is 2.19. The van der Waals surface area contributed by atoms with E-state index >= 15 is 0 Å². The lowest BCUT2D eigenvalue weighted by Gasteiger charge is -2.46. The van der Waals surface area contributed by atoms with Gasteiger partial charge in [-0.05, 0) is 48.1 Å². The molecule has 184 valence electrons. The van der Waals surface area contributed by atoms with Gasteiger partial charge in [-0.15, -0.1) is 0 Å². The van der Waals surface area contributed by atoms with Gasteiger partial charge in [0.05, 0.1) is 21.9 Å². The third kappa shape index (κ3) is 4.68. The van der Waals surface area contributed by atoms with Crippen molar-refractivity contribution in [3.63, 3.8) is 0 Å². The SMILES string of the molecule is CN(C)[C@H]1C(S(=O)(=O)c2ccccc2)=CC[C@@H]1O[Si](c1ccccc1)(c1ccccc1)C(C)(C)C. The van der Waals surface area contributed by atoms with E-state index in [2.05, 4.69) is 69.3 Å². The lowest BCUT2D eigenvalue weighted by atomic mass is 10.2. The standard InChI is InChI=1S/C29H35NO3SSi/c1-29(2,3)35(24-17-11-7-12-18-24,25-19-13-8-14-20-25)33-26-21-22-27(28(26)30(4)5)34(31,32)23-15-9-6-10-16-23/h6-20,22,26,28H,21H2,1-5H3/t26-,28+/m0/s1. The molecule has 6 heteroatoms. The summed E-state index contributed by atoms with van der Waals surface area (Å²) in [6, 6.07) is 29.3. The molecule has 35 heavy (non-hydrogen) atoms. The molecule has 0 saturated carbocycles. The number of sulfone groups is 1. The van der Waals surface area contributed by atoms with Gasteiger partial charge in [-0.25, -0.2) is 8.42 Å². The zero-order valence-electron chi connectivity index (χ0n) is 21.2. The molecule has 3 aromatic rings. The minimum Gasteiger partial charge on any atom is -0.402 e. The Morgan fingerprint density at radius 1 is 0.800 bits per heavy atom. The van der Waals surface area contributed by atoms with E-state index in [9.17, 15) is 8.42 Å². The highest BCUT2D eigenvalue weighted by molar-refractivity contribution is 7.95. The van der Waals surface area contributed by atoms with Crippen molar-refractivity contribution < 1.29 is 12.8 Å². The summed E-state index contributed by atoms with van der Waals surface area (Å²) in [5.74, 6) is 0. The fourth-order valence-electron chi connectivity index (χ4n) is 5.29. The zero-order valence-corrected chi connectivity index (χ0v) is 23.0. The molecule has 1 aliphatic carbocycles. The van der Waals surface area contributed by atoms with Crippen LogP contribution in [0.5, 0.6) is 0 Å². The second-order valence-corrected chi connectivity index (χ2v) is 16.6. The second kappa shape index (κ2) is 9.86. The van der Waals surface area contributed by atoms with E-state index in [0.717, 1.165) is 0 Å². The fourth-order valence-corrected chi connectivity index (χ4v) is 11.8. The van der Waals surface area contributed by atoms with Crippen LogP contribution in [-0.2, 0) is 14.3 Å². The molecule has 0 bridgehead atoms. The van der Waals surface area contributed by atoms with Crippen molar-refractivity contribution in [3.8, 4) is 0 Å². The molecule has 3 aromatic carbocycles. The molecule has 1 aliphatic rings. The molecule has 0 amide bonds. The van der Waals surface area contributed by atoms with Crippen LogP contribution in [0, 0.1) is 0 Å². The number of likely N-dealkylation sites (N-methyl/N-ethyl adjacent to an activating group) is 1. The molecule has 0 heterocycles. The van der Waals surface area contributed by atoms with Crippen LogP contribution < -0.4 is 10.4 Å². The molecule has 0 N–H and O–H groups in total. The van der Waals surface area contributed by atoms with E-state index in [1.54, 1.807) is 24.3 Å². The largest absolute Gasteiger partial charge is 0.402 e. The van der Waals surface area contributed by atoms with Gasteiger partial charge < -0.3 is 4.43 Å². The van der Waals surface area contributed by atoms with E-state index in [1.165, 1.54) is 10.4 Å². The van der Waals surface area contributed by atoms with Crippen LogP contribution in [-0.4, -0.2) is 47.9 Å². The predicted octanol–water partition coefficient (Wildman–Crippen LogP) is 4.62. The summed E-state index contributed by atoms with van der Waals surface area (Å²) in [7, 11) is -2.58. The van der Waals surface area contributed by atoms with E-state index in [0.29, 0.717) is 16.2 Å². The smallest absolute Gasteiger partial charge is 0.261 e. The average Bonchev–Trinajstić information content (AvgIpc) is 3.28. The van der Waals surface area contributed by atoms with E-state index < -0.39 is 18.2 Å². The second-order valence-electron chi connectivity index (χ2n) is 10.4. The van der Waals surface area contributed by atoms with Crippen molar-refractivity contribution in [2.45, 2.75) is 49.3 Å². The Hall–Kier alpha value is -2.51. The molecule has 4 nitrogen and oxygen atoms in total. The van der Waals surface area contributed by atoms with Crippen LogP contribution in [0.2, 0.25) is 5.04 Å². The minimum absolute atomic E-state index is 0.187. The van der Waals surface area contributed by atoms with E-state index in [-0.39, 0.29) is 17.2 Å². The Bertz CT molecular complexity index is 1230. The first kappa shape index (κ1) is 25.6. The summed E-state index contributed by atoms with van der Waals surface area (Å²) in [6.45, 7) is 6.73. The van der Waals surface area contributed by atoms with Crippen molar-refractivity contribution in [1.82, 2.24) is 4.90 Å². The normalized spacial score (nSPS) is 19.1. The first-order chi connectivity index (χ1) is 16.6. The molecule has 2 atom stereocenters. The molecular formula is C29H35NO3SSi. The van der Waals surface area contributed by atoms with Crippen LogP contribution >= 0.6 is 0 Å². The Morgan fingerprint density at radius 2 is 1.26 bits per heavy atom. The third-order valence-corrected chi connectivity index (χ3v) is 13.8. The number of benzene rings is 3. The predicted molar refractivity (Wildman–Crippen MR) is 146 cm³/mol. The minimum atomic E-state index is -3.63. The van der Waals surface area contributed by atoms with Gasteiger partial charge in [-0.1, -0.05) is 106 Å². The Balaban J connectivity index is 1.82. The van der Waals surface area contributed by atoms with Gasteiger partial charge in [-0.3, -0.25) is 4.90 Å². The van der Waals surface area contributed by atoms with Crippen LogP contribution in [0.4, 0.5) is 0 Å². The van der Waals surface area contributed by atoms with Crippen LogP contribution in [0.25, 0.3) is 0 Å². The van der Waals surface area contributed by atoms with Crippen molar-refractivity contribution in [2.24, 2.45) is 0 Å². The highest BCUT2D eigenvalue weighted by atomic mass is 32.2. The van der Waals surface area contributed by atoms with E-state index in [1.807, 2.05) is 43.3 Å². The van der Waals surface area contributed by atoms with Gasteiger partial charge >= 0.3 is 0 Å². The highest BCUT2D eigenvalue weighted by Gasteiger charge is 2.53. The zero-order chi connectivity index (χ0) is 25.3. The lowest BCUT2D eigenvalue weighted by Crippen LogP contribution is -2.68. The summed E-state index contributed by atoms with van der Waals surface area (Å²) < 4.78 is 34.7. The first-order valence-electron chi connectivity index (χ1n) is 12.0. The molecule has 4 rings (SSSR count). The monoisotopic (exact) mass is 505 g/mol. The Labute approximate surface area is 211 Å². The molecule has 0 radical (unpaired) electrons. The summed E-state index contributed by atoms with van der Waals surface area (Å²) >= 11 is 0. The molecule has 0 unspecified atom stereocenters. The van der Waals surface area contributed by atoms with Crippen LogP contribution in [0.3, 0.4) is 0 Å². The topological polar surface area (TPSA) is 46.6 Å².